The molecule has 0 aliphatic heterocycles. The van der Waals surface area contributed by atoms with Gasteiger partial charge in [0.15, 0.2) is 0 Å². The van der Waals surface area contributed by atoms with Crippen molar-refractivity contribution in [1.82, 2.24) is 9.97 Å². The average molecular weight is 339 g/mol. The number of benzene rings is 1. The van der Waals surface area contributed by atoms with Gasteiger partial charge in [-0.1, -0.05) is 19.3 Å². The molecule has 1 heterocycles. The lowest BCUT2D eigenvalue weighted by atomic mass is 9.87. The van der Waals surface area contributed by atoms with E-state index in [0.717, 1.165) is 17.1 Å². The highest BCUT2D eigenvalue weighted by Crippen LogP contribution is 2.27. The average Bonchev–Trinajstić information content (AvgIpc) is 2.56. The van der Waals surface area contributed by atoms with Crippen LogP contribution in [0, 0.1) is 19.8 Å². The third-order valence-corrected chi connectivity index (χ3v) is 4.51. The monoisotopic (exact) mass is 339 g/mol. The Kier molecular flexibility index (Phi) is 5.64. The number of anilines is 1. The first-order valence-corrected chi connectivity index (χ1v) is 8.98. The molecule has 1 saturated carbocycles. The number of nitrogens with one attached hydrogen (secondary N) is 1. The first-order valence-electron chi connectivity index (χ1n) is 8.98. The number of aryl methyl sites for hydroxylation is 2. The van der Waals surface area contributed by atoms with Gasteiger partial charge in [0.25, 0.3) is 0 Å². The molecule has 0 bridgehead atoms. The van der Waals surface area contributed by atoms with Crippen LogP contribution in [0.25, 0.3) is 0 Å². The van der Waals surface area contributed by atoms with Gasteiger partial charge in [0.2, 0.25) is 5.91 Å². The van der Waals surface area contributed by atoms with Crippen molar-refractivity contribution in [3.8, 4) is 11.8 Å². The van der Waals surface area contributed by atoms with Gasteiger partial charge in [0.05, 0.1) is 0 Å². The molecule has 0 spiro atoms. The Hall–Kier alpha value is -2.43. The third-order valence-electron chi connectivity index (χ3n) is 4.51. The van der Waals surface area contributed by atoms with Crippen LogP contribution in [0.2, 0.25) is 0 Å². The SMILES string of the molecule is Cc1cc(C)nc(Oc2ccc(NC(=O)CC3CCCCC3)cc2)n1. The standard InChI is InChI=1S/C20H25N3O2/c1-14-12-15(2)22-20(21-14)25-18-10-8-17(9-11-18)23-19(24)13-16-6-4-3-5-7-16/h8-12,16H,3-7,13H2,1-2H3,(H,23,24). The Morgan fingerprint density at radius 2 is 1.72 bits per heavy atom. The van der Waals surface area contributed by atoms with E-state index in [9.17, 15) is 4.79 Å². The molecule has 0 unspecified atom stereocenters. The van der Waals surface area contributed by atoms with Gasteiger partial charge in [-0.2, -0.15) is 0 Å². The van der Waals surface area contributed by atoms with E-state index >= 15 is 0 Å². The van der Waals surface area contributed by atoms with Crippen LogP contribution >= 0.6 is 0 Å². The highest BCUT2D eigenvalue weighted by Gasteiger charge is 2.17. The van der Waals surface area contributed by atoms with Crippen LogP contribution < -0.4 is 10.1 Å². The number of amides is 1. The minimum absolute atomic E-state index is 0.0956. The predicted octanol–water partition coefficient (Wildman–Crippen LogP) is 4.79. The zero-order chi connectivity index (χ0) is 17.6. The van der Waals surface area contributed by atoms with Crippen molar-refractivity contribution < 1.29 is 9.53 Å². The van der Waals surface area contributed by atoms with Crippen molar-refractivity contribution in [2.45, 2.75) is 52.4 Å². The van der Waals surface area contributed by atoms with E-state index in [1.54, 1.807) is 0 Å². The Morgan fingerprint density at radius 1 is 1.08 bits per heavy atom. The minimum atomic E-state index is 0.0956. The maximum atomic E-state index is 12.2. The quantitative estimate of drug-likeness (QED) is 0.850. The number of hydrogen-bond donors (Lipinski definition) is 1. The summed E-state index contributed by atoms with van der Waals surface area (Å²) in [4.78, 5) is 20.7. The lowest BCUT2D eigenvalue weighted by molar-refractivity contribution is -0.117. The van der Waals surface area contributed by atoms with Crippen LogP contribution in [0.3, 0.4) is 0 Å². The first kappa shape index (κ1) is 17.4. The molecular formula is C20H25N3O2. The van der Waals surface area contributed by atoms with Gasteiger partial charge in [-0.3, -0.25) is 4.79 Å². The smallest absolute Gasteiger partial charge is 0.322 e. The second kappa shape index (κ2) is 8.10. The van der Waals surface area contributed by atoms with E-state index in [2.05, 4.69) is 15.3 Å². The fourth-order valence-electron chi connectivity index (χ4n) is 3.32. The maximum absolute atomic E-state index is 12.2. The molecule has 2 aromatic rings. The van der Waals surface area contributed by atoms with Crippen LogP contribution in [-0.4, -0.2) is 15.9 Å². The van der Waals surface area contributed by atoms with E-state index in [1.165, 1.54) is 32.1 Å². The fraction of sp³-hybridized carbons (Fsp3) is 0.450. The number of ether oxygens (including phenoxy) is 1. The Bertz CT molecular complexity index is 702. The van der Waals surface area contributed by atoms with Crippen LogP contribution in [0.4, 0.5) is 5.69 Å². The molecule has 1 aromatic carbocycles. The number of nitrogens with zero attached hydrogens (tertiary/aromatic N) is 2. The number of carbonyl (C=O) groups is 1. The molecule has 5 nitrogen and oxygen atoms in total. The molecule has 25 heavy (non-hydrogen) atoms. The summed E-state index contributed by atoms with van der Waals surface area (Å²) < 4.78 is 5.69. The van der Waals surface area contributed by atoms with Gasteiger partial charge in [-0.25, -0.2) is 9.97 Å². The Labute approximate surface area is 148 Å². The lowest BCUT2D eigenvalue weighted by Crippen LogP contribution is -2.18. The van der Waals surface area contributed by atoms with Crippen LogP contribution in [0.5, 0.6) is 11.8 Å². The normalized spacial score (nSPS) is 15.0. The van der Waals surface area contributed by atoms with Gasteiger partial charge in [-0.15, -0.1) is 0 Å². The molecule has 1 amide bonds. The minimum Gasteiger partial charge on any atom is -0.424 e. The van der Waals surface area contributed by atoms with E-state index in [4.69, 9.17) is 4.74 Å². The largest absolute Gasteiger partial charge is 0.424 e. The first-order chi connectivity index (χ1) is 12.1. The van der Waals surface area contributed by atoms with E-state index in [0.29, 0.717) is 24.1 Å². The zero-order valence-electron chi connectivity index (χ0n) is 14.9. The molecule has 0 radical (unpaired) electrons. The topological polar surface area (TPSA) is 64.1 Å². The van der Waals surface area contributed by atoms with Gasteiger partial charge in [0, 0.05) is 23.5 Å². The summed E-state index contributed by atoms with van der Waals surface area (Å²) in [6.45, 7) is 3.82. The molecule has 1 aliphatic carbocycles. The van der Waals surface area contributed by atoms with Gasteiger partial charge >= 0.3 is 6.01 Å². The van der Waals surface area contributed by atoms with Crippen molar-refractivity contribution in [3.05, 3.63) is 41.7 Å². The molecule has 0 atom stereocenters. The highest BCUT2D eigenvalue weighted by atomic mass is 16.5. The lowest BCUT2D eigenvalue weighted by Gasteiger charge is -2.20. The van der Waals surface area contributed by atoms with Crippen molar-refractivity contribution in [2.24, 2.45) is 5.92 Å². The molecule has 3 rings (SSSR count). The van der Waals surface area contributed by atoms with Gasteiger partial charge < -0.3 is 10.1 Å². The van der Waals surface area contributed by atoms with Crippen molar-refractivity contribution >= 4 is 11.6 Å². The van der Waals surface area contributed by atoms with Gasteiger partial charge in [-0.05, 0) is 62.9 Å². The van der Waals surface area contributed by atoms with Gasteiger partial charge in [0.1, 0.15) is 5.75 Å². The Balaban J connectivity index is 1.55. The van der Waals surface area contributed by atoms with E-state index in [-0.39, 0.29) is 5.91 Å². The maximum Gasteiger partial charge on any atom is 0.322 e. The van der Waals surface area contributed by atoms with Crippen LogP contribution in [0.1, 0.15) is 49.9 Å². The summed E-state index contributed by atoms with van der Waals surface area (Å²) in [6, 6.07) is 9.56. The number of rotatable bonds is 5. The predicted molar refractivity (Wildman–Crippen MR) is 97.8 cm³/mol. The van der Waals surface area contributed by atoms with E-state index < -0.39 is 0 Å². The number of carbonyl (C=O) groups excluding carboxylic acids is 1. The summed E-state index contributed by atoms with van der Waals surface area (Å²) in [7, 11) is 0. The van der Waals surface area contributed by atoms with Crippen LogP contribution in [0.15, 0.2) is 30.3 Å². The molecule has 132 valence electrons. The zero-order valence-corrected chi connectivity index (χ0v) is 14.9. The summed E-state index contributed by atoms with van der Waals surface area (Å²) in [6.07, 6.45) is 6.79. The molecule has 5 heteroatoms. The van der Waals surface area contributed by atoms with E-state index in [1.807, 2.05) is 44.2 Å². The molecule has 1 aromatic heterocycles. The summed E-state index contributed by atoms with van der Waals surface area (Å²) in [5.41, 5.74) is 2.53. The third kappa shape index (κ3) is 5.28. The summed E-state index contributed by atoms with van der Waals surface area (Å²) in [5, 5.41) is 2.97. The molecule has 1 N–H and O–H groups in total. The second-order valence-corrected chi connectivity index (χ2v) is 6.82. The number of aromatic nitrogens is 2. The summed E-state index contributed by atoms with van der Waals surface area (Å²) >= 11 is 0. The molecule has 0 saturated heterocycles. The van der Waals surface area contributed by atoms with Crippen molar-refractivity contribution in [3.63, 3.8) is 0 Å². The summed E-state index contributed by atoms with van der Waals surface area (Å²) in [5.74, 6) is 1.28. The molecule has 1 aliphatic rings. The fourth-order valence-corrected chi connectivity index (χ4v) is 3.32. The second-order valence-electron chi connectivity index (χ2n) is 6.82. The van der Waals surface area contributed by atoms with Crippen molar-refractivity contribution in [1.29, 1.82) is 0 Å². The number of hydrogen-bond acceptors (Lipinski definition) is 4. The van der Waals surface area contributed by atoms with Crippen LogP contribution in [-0.2, 0) is 4.79 Å². The molecular weight excluding hydrogens is 314 g/mol. The Morgan fingerprint density at radius 3 is 2.36 bits per heavy atom. The van der Waals surface area contributed by atoms with Crippen molar-refractivity contribution in [2.75, 3.05) is 5.32 Å². The highest BCUT2D eigenvalue weighted by molar-refractivity contribution is 5.90. The molecule has 1 fully saturated rings.